The molecule has 1 fully saturated rings. The highest BCUT2D eigenvalue weighted by Gasteiger charge is 2.35. The lowest BCUT2D eigenvalue weighted by molar-refractivity contribution is -0.0388. The Morgan fingerprint density at radius 2 is 1.44 bits per heavy atom. The van der Waals surface area contributed by atoms with Crippen molar-refractivity contribution >= 4 is 0 Å². The molecule has 0 saturated heterocycles. The monoisotopic (exact) mass is 240 g/mol. The molecule has 0 amide bonds. The van der Waals surface area contributed by atoms with Crippen LogP contribution < -0.4 is 4.74 Å². The Kier molecular flexibility index (Phi) is 2.80. The molecule has 2 heteroatoms. The van der Waals surface area contributed by atoms with E-state index in [1.165, 1.54) is 0 Å². The quantitative estimate of drug-likeness (QED) is 0.883. The van der Waals surface area contributed by atoms with Crippen molar-refractivity contribution in [3.63, 3.8) is 0 Å². The van der Waals surface area contributed by atoms with Crippen molar-refractivity contribution in [2.75, 3.05) is 0 Å². The molecule has 0 aromatic heterocycles. The second-order valence-electron chi connectivity index (χ2n) is 4.82. The van der Waals surface area contributed by atoms with Crippen molar-refractivity contribution in [1.29, 1.82) is 0 Å². The summed E-state index contributed by atoms with van der Waals surface area (Å²) in [4.78, 5) is 0. The van der Waals surface area contributed by atoms with Crippen LogP contribution in [-0.2, 0) is 5.60 Å². The summed E-state index contributed by atoms with van der Waals surface area (Å²) < 4.78 is 5.72. The molecule has 0 atom stereocenters. The smallest absolute Gasteiger partial charge is 0.127 e. The van der Waals surface area contributed by atoms with Gasteiger partial charge in [0.2, 0.25) is 0 Å². The molecule has 0 bridgehead atoms. The number of rotatable bonds is 3. The fourth-order valence-corrected chi connectivity index (χ4v) is 2.26. The van der Waals surface area contributed by atoms with Crippen LogP contribution in [0.15, 0.2) is 54.6 Å². The van der Waals surface area contributed by atoms with E-state index in [0.29, 0.717) is 0 Å². The highest BCUT2D eigenvalue weighted by atomic mass is 16.5. The van der Waals surface area contributed by atoms with E-state index in [0.717, 1.165) is 36.3 Å². The summed E-state index contributed by atoms with van der Waals surface area (Å²) in [6, 6.07) is 17.4. The predicted octanol–water partition coefficient (Wildman–Crippen LogP) is 3.85. The van der Waals surface area contributed by atoms with Crippen LogP contribution in [0.3, 0.4) is 0 Å². The van der Waals surface area contributed by atoms with E-state index >= 15 is 0 Å². The Labute approximate surface area is 107 Å². The summed E-state index contributed by atoms with van der Waals surface area (Å²) in [7, 11) is 0. The summed E-state index contributed by atoms with van der Waals surface area (Å²) in [5.74, 6) is 1.63. The van der Waals surface area contributed by atoms with E-state index in [9.17, 15) is 5.11 Å². The Hall–Kier alpha value is -1.80. The first kappa shape index (κ1) is 11.3. The van der Waals surface area contributed by atoms with Gasteiger partial charge >= 0.3 is 0 Å². The SMILES string of the molecule is OC1(c2ccc(Oc3ccccc3)cc2)CCC1. The van der Waals surface area contributed by atoms with Gasteiger partial charge in [-0.15, -0.1) is 0 Å². The van der Waals surface area contributed by atoms with Crippen LogP contribution >= 0.6 is 0 Å². The third-order valence-corrected chi connectivity index (χ3v) is 3.55. The molecule has 0 radical (unpaired) electrons. The summed E-state index contributed by atoms with van der Waals surface area (Å²) in [6.45, 7) is 0. The maximum absolute atomic E-state index is 10.2. The van der Waals surface area contributed by atoms with E-state index < -0.39 is 5.60 Å². The van der Waals surface area contributed by atoms with E-state index in [2.05, 4.69) is 0 Å². The van der Waals surface area contributed by atoms with Gasteiger partial charge in [-0.25, -0.2) is 0 Å². The number of ether oxygens (including phenoxy) is 1. The van der Waals surface area contributed by atoms with E-state index in [-0.39, 0.29) is 0 Å². The van der Waals surface area contributed by atoms with Gasteiger partial charge in [-0.05, 0) is 49.1 Å². The Balaban J connectivity index is 1.75. The van der Waals surface area contributed by atoms with Crippen LogP contribution in [0.2, 0.25) is 0 Å². The molecule has 2 aromatic carbocycles. The van der Waals surface area contributed by atoms with Crippen molar-refractivity contribution in [1.82, 2.24) is 0 Å². The molecule has 92 valence electrons. The summed E-state index contributed by atoms with van der Waals surface area (Å²) in [5, 5.41) is 10.2. The van der Waals surface area contributed by atoms with E-state index in [4.69, 9.17) is 4.74 Å². The van der Waals surface area contributed by atoms with Gasteiger partial charge in [0, 0.05) is 0 Å². The van der Waals surface area contributed by atoms with Gasteiger partial charge in [-0.1, -0.05) is 30.3 Å². The van der Waals surface area contributed by atoms with E-state index in [1.807, 2.05) is 54.6 Å². The Bertz CT molecular complexity index is 513. The van der Waals surface area contributed by atoms with Gasteiger partial charge in [0.15, 0.2) is 0 Å². The minimum absolute atomic E-state index is 0.592. The average molecular weight is 240 g/mol. The number of benzene rings is 2. The van der Waals surface area contributed by atoms with Gasteiger partial charge in [0.05, 0.1) is 5.60 Å². The summed E-state index contributed by atoms with van der Waals surface area (Å²) in [6.07, 6.45) is 2.84. The summed E-state index contributed by atoms with van der Waals surface area (Å²) in [5.41, 5.74) is 0.403. The molecular weight excluding hydrogens is 224 g/mol. The molecule has 3 rings (SSSR count). The van der Waals surface area contributed by atoms with Crippen LogP contribution in [0.4, 0.5) is 0 Å². The number of hydrogen-bond acceptors (Lipinski definition) is 2. The molecule has 18 heavy (non-hydrogen) atoms. The largest absolute Gasteiger partial charge is 0.457 e. The number of hydrogen-bond donors (Lipinski definition) is 1. The number of aliphatic hydroxyl groups is 1. The van der Waals surface area contributed by atoms with Crippen LogP contribution in [0, 0.1) is 0 Å². The molecule has 1 saturated carbocycles. The minimum atomic E-state index is -0.592. The van der Waals surface area contributed by atoms with Crippen molar-refractivity contribution in [3.05, 3.63) is 60.2 Å². The molecule has 1 aliphatic rings. The van der Waals surface area contributed by atoms with Gasteiger partial charge in [-0.3, -0.25) is 0 Å². The second kappa shape index (κ2) is 4.46. The molecule has 0 heterocycles. The Morgan fingerprint density at radius 1 is 0.833 bits per heavy atom. The van der Waals surface area contributed by atoms with Crippen LogP contribution in [0.25, 0.3) is 0 Å². The molecular formula is C16H16O2. The molecule has 0 spiro atoms. The maximum Gasteiger partial charge on any atom is 0.127 e. The maximum atomic E-state index is 10.2. The zero-order valence-corrected chi connectivity index (χ0v) is 10.2. The predicted molar refractivity (Wildman–Crippen MR) is 70.7 cm³/mol. The lowest BCUT2D eigenvalue weighted by atomic mass is 9.75. The first-order valence-corrected chi connectivity index (χ1v) is 6.32. The van der Waals surface area contributed by atoms with Gasteiger partial charge in [0.25, 0.3) is 0 Å². The molecule has 0 aliphatic heterocycles. The van der Waals surface area contributed by atoms with Crippen LogP contribution in [-0.4, -0.2) is 5.11 Å². The standard InChI is InChI=1S/C16H16O2/c17-16(11-4-12-16)13-7-9-15(10-8-13)18-14-5-2-1-3-6-14/h1-3,5-10,17H,4,11-12H2. The highest BCUT2D eigenvalue weighted by Crippen LogP contribution is 2.41. The van der Waals surface area contributed by atoms with Crippen LogP contribution in [0.1, 0.15) is 24.8 Å². The van der Waals surface area contributed by atoms with Gasteiger partial charge in [-0.2, -0.15) is 0 Å². The van der Waals surface area contributed by atoms with Crippen molar-refractivity contribution < 1.29 is 9.84 Å². The minimum Gasteiger partial charge on any atom is -0.457 e. The first-order valence-electron chi connectivity index (χ1n) is 6.32. The average Bonchev–Trinajstić information content (AvgIpc) is 2.38. The molecule has 0 unspecified atom stereocenters. The first-order chi connectivity index (χ1) is 8.76. The normalized spacial score (nSPS) is 16.9. The molecule has 1 N–H and O–H groups in total. The topological polar surface area (TPSA) is 29.5 Å². The van der Waals surface area contributed by atoms with Crippen LogP contribution in [0.5, 0.6) is 11.5 Å². The number of para-hydroxylation sites is 1. The fourth-order valence-electron chi connectivity index (χ4n) is 2.26. The Morgan fingerprint density at radius 3 is 2.00 bits per heavy atom. The van der Waals surface area contributed by atoms with Gasteiger partial charge in [0.1, 0.15) is 11.5 Å². The lowest BCUT2D eigenvalue weighted by Crippen LogP contribution is -2.33. The molecule has 2 aromatic rings. The lowest BCUT2D eigenvalue weighted by Gasteiger charge is -2.37. The van der Waals surface area contributed by atoms with E-state index in [1.54, 1.807) is 0 Å². The third-order valence-electron chi connectivity index (χ3n) is 3.55. The third kappa shape index (κ3) is 2.12. The zero-order valence-electron chi connectivity index (χ0n) is 10.2. The van der Waals surface area contributed by atoms with Crippen molar-refractivity contribution in [2.24, 2.45) is 0 Å². The fraction of sp³-hybridized carbons (Fsp3) is 0.250. The van der Waals surface area contributed by atoms with Crippen molar-refractivity contribution in [2.45, 2.75) is 24.9 Å². The molecule has 2 nitrogen and oxygen atoms in total. The highest BCUT2D eigenvalue weighted by molar-refractivity contribution is 5.35. The molecule has 1 aliphatic carbocycles. The summed E-state index contributed by atoms with van der Waals surface area (Å²) >= 11 is 0. The van der Waals surface area contributed by atoms with Gasteiger partial charge < -0.3 is 9.84 Å². The van der Waals surface area contributed by atoms with Crippen molar-refractivity contribution in [3.8, 4) is 11.5 Å². The second-order valence-corrected chi connectivity index (χ2v) is 4.82. The zero-order chi connectivity index (χ0) is 12.4.